The van der Waals surface area contributed by atoms with Crippen LogP contribution in [0.1, 0.15) is 80.9 Å². The van der Waals surface area contributed by atoms with Crippen LogP contribution in [0.2, 0.25) is 0 Å². The van der Waals surface area contributed by atoms with Gasteiger partial charge < -0.3 is 4.74 Å². The van der Waals surface area contributed by atoms with Crippen molar-refractivity contribution in [1.29, 1.82) is 0 Å². The average Bonchev–Trinajstić information content (AvgIpc) is 2.92. The molecule has 0 heterocycles. The molecule has 1 nitrogen and oxygen atoms in total. The summed E-state index contributed by atoms with van der Waals surface area (Å²) in [5.41, 5.74) is 2.46. The highest BCUT2D eigenvalue weighted by molar-refractivity contribution is 5.65. The number of benzene rings is 3. The Morgan fingerprint density at radius 2 is 1.46 bits per heavy atom. The Kier molecular flexibility index (Phi) is 9.28. The molecule has 0 atom stereocenters. The van der Waals surface area contributed by atoms with Crippen molar-refractivity contribution in [3.05, 3.63) is 88.5 Å². The summed E-state index contributed by atoms with van der Waals surface area (Å²) in [6.45, 7) is 2.21. The van der Waals surface area contributed by atoms with Crippen LogP contribution < -0.4 is 4.74 Å². The number of hydrogen-bond donors (Lipinski definition) is 0. The average molecular weight is 513 g/mol. The van der Waals surface area contributed by atoms with E-state index in [1.807, 2.05) is 0 Å². The molecule has 198 valence electrons. The van der Waals surface area contributed by atoms with Gasteiger partial charge in [-0.3, -0.25) is 0 Å². The van der Waals surface area contributed by atoms with Crippen molar-refractivity contribution in [3.8, 4) is 16.9 Å². The first-order valence-corrected chi connectivity index (χ1v) is 13.5. The number of rotatable bonds is 10. The molecule has 1 saturated carbocycles. The molecule has 5 heteroatoms. The minimum absolute atomic E-state index is 0.0988. The zero-order valence-corrected chi connectivity index (χ0v) is 21.8. The van der Waals surface area contributed by atoms with Crippen molar-refractivity contribution in [1.82, 2.24) is 0 Å². The molecule has 1 fully saturated rings. The van der Waals surface area contributed by atoms with Crippen molar-refractivity contribution in [3.63, 3.8) is 0 Å². The number of ether oxygens (including phenoxy) is 1. The van der Waals surface area contributed by atoms with Gasteiger partial charge in [-0.25, -0.2) is 13.2 Å². The van der Waals surface area contributed by atoms with Gasteiger partial charge in [-0.15, -0.1) is 0 Å². The molecule has 0 bridgehead atoms. The van der Waals surface area contributed by atoms with E-state index in [2.05, 4.69) is 6.92 Å². The topological polar surface area (TPSA) is 9.23 Å². The molecule has 0 saturated heterocycles. The molecule has 0 aliphatic heterocycles. The normalized spacial score (nSPS) is 17.7. The SMILES string of the molecule is CCCCCC1CCC(c2ccc(CCc3ccc(-c4ccc(OC)c(F)c4F)cc3)c(F)c2F)CC1. The fraction of sp³-hybridized carbons (Fsp3) is 0.438. The van der Waals surface area contributed by atoms with Crippen molar-refractivity contribution in [2.45, 2.75) is 77.0 Å². The van der Waals surface area contributed by atoms with E-state index >= 15 is 4.39 Å². The Balaban J connectivity index is 1.37. The van der Waals surface area contributed by atoms with Gasteiger partial charge in [0.25, 0.3) is 0 Å². The zero-order chi connectivity index (χ0) is 26.4. The van der Waals surface area contributed by atoms with Gasteiger partial charge in [-0.2, -0.15) is 4.39 Å². The molecule has 0 aromatic heterocycles. The van der Waals surface area contributed by atoms with E-state index in [0.29, 0.717) is 29.5 Å². The summed E-state index contributed by atoms with van der Waals surface area (Å²) in [5, 5.41) is 0. The third kappa shape index (κ3) is 6.37. The van der Waals surface area contributed by atoms with Crippen LogP contribution in [-0.4, -0.2) is 7.11 Å². The van der Waals surface area contributed by atoms with Gasteiger partial charge in [0, 0.05) is 5.56 Å². The number of methoxy groups -OCH3 is 1. The van der Waals surface area contributed by atoms with Crippen LogP contribution in [0.4, 0.5) is 17.6 Å². The maximum atomic E-state index is 15.0. The summed E-state index contributed by atoms with van der Waals surface area (Å²) in [4.78, 5) is 0. The molecule has 0 amide bonds. The lowest BCUT2D eigenvalue weighted by molar-refractivity contribution is 0.297. The molecule has 1 aliphatic carbocycles. The van der Waals surface area contributed by atoms with E-state index in [1.165, 1.54) is 44.9 Å². The summed E-state index contributed by atoms with van der Waals surface area (Å²) in [7, 11) is 1.29. The summed E-state index contributed by atoms with van der Waals surface area (Å²) in [5.74, 6) is -2.74. The van der Waals surface area contributed by atoms with E-state index < -0.39 is 23.3 Å². The molecule has 1 aliphatic rings. The first kappa shape index (κ1) is 27.2. The molecular formula is C32H36F4O. The highest BCUT2D eigenvalue weighted by Crippen LogP contribution is 2.39. The monoisotopic (exact) mass is 512 g/mol. The largest absolute Gasteiger partial charge is 0.494 e. The van der Waals surface area contributed by atoms with Gasteiger partial charge in [0.15, 0.2) is 23.2 Å². The molecule has 3 aromatic rings. The highest BCUT2D eigenvalue weighted by Gasteiger charge is 2.26. The smallest absolute Gasteiger partial charge is 0.201 e. The van der Waals surface area contributed by atoms with Crippen LogP contribution in [0.15, 0.2) is 48.5 Å². The van der Waals surface area contributed by atoms with E-state index in [-0.39, 0.29) is 17.2 Å². The molecule has 4 rings (SSSR count). The summed E-state index contributed by atoms with van der Waals surface area (Å²) in [6.07, 6.45) is 9.94. The Labute approximate surface area is 217 Å². The molecule has 3 aromatic carbocycles. The number of unbranched alkanes of at least 4 members (excludes halogenated alkanes) is 2. The lowest BCUT2D eigenvalue weighted by Crippen LogP contribution is -2.15. The predicted molar refractivity (Wildman–Crippen MR) is 141 cm³/mol. The molecular weight excluding hydrogens is 476 g/mol. The standard InChI is InChI=1S/C32H36F4O/c1-3-4-5-6-21-7-12-23(13-8-21)26-18-17-25(29(33)30(26)34)16-11-22-9-14-24(15-10-22)27-19-20-28(37-2)32(36)31(27)35/h9-10,14-15,17-21,23H,3-8,11-13,16H2,1-2H3. The molecule has 0 N–H and O–H groups in total. The second-order valence-electron chi connectivity index (χ2n) is 10.3. The molecule has 37 heavy (non-hydrogen) atoms. The fourth-order valence-electron chi connectivity index (χ4n) is 5.60. The number of hydrogen-bond acceptors (Lipinski definition) is 1. The van der Waals surface area contributed by atoms with Gasteiger partial charge in [-0.1, -0.05) is 69.0 Å². The zero-order valence-electron chi connectivity index (χ0n) is 21.8. The van der Waals surface area contributed by atoms with Crippen molar-refractivity contribution in [2.24, 2.45) is 5.92 Å². The molecule has 0 unspecified atom stereocenters. The Morgan fingerprint density at radius 3 is 2.14 bits per heavy atom. The van der Waals surface area contributed by atoms with Crippen LogP contribution in [-0.2, 0) is 12.8 Å². The first-order valence-electron chi connectivity index (χ1n) is 13.5. The van der Waals surface area contributed by atoms with Crippen LogP contribution >= 0.6 is 0 Å². The lowest BCUT2D eigenvalue weighted by atomic mass is 9.76. The Bertz CT molecular complexity index is 1180. The van der Waals surface area contributed by atoms with Crippen LogP contribution in [0.25, 0.3) is 11.1 Å². The quantitative estimate of drug-likeness (QED) is 0.194. The molecule has 0 radical (unpaired) electrons. The number of halogens is 4. The van der Waals surface area contributed by atoms with Gasteiger partial charge in [0.05, 0.1) is 7.11 Å². The minimum Gasteiger partial charge on any atom is -0.494 e. The minimum atomic E-state index is -1.02. The second kappa shape index (κ2) is 12.6. The van der Waals surface area contributed by atoms with Gasteiger partial charge in [0.1, 0.15) is 0 Å². The van der Waals surface area contributed by atoms with E-state index in [9.17, 15) is 13.2 Å². The van der Waals surface area contributed by atoms with Gasteiger partial charge in [0.2, 0.25) is 5.82 Å². The highest BCUT2D eigenvalue weighted by atomic mass is 19.2. The third-order valence-corrected chi connectivity index (χ3v) is 7.91. The summed E-state index contributed by atoms with van der Waals surface area (Å²) < 4.78 is 63.3. The van der Waals surface area contributed by atoms with Crippen LogP contribution in [0, 0.1) is 29.2 Å². The second-order valence-corrected chi connectivity index (χ2v) is 10.3. The Morgan fingerprint density at radius 1 is 0.730 bits per heavy atom. The van der Waals surface area contributed by atoms with Crippen molar-refractivity contribution < 1.29 is 22.3 Å². The lowest BCUT2D eigenvalue weighted by Gasteiger charge is -2.29. The van der Waals surface area contributed by atoms with E-state index in [0.717, 1.165) is 37.2 Å². The maximum absolute atomic E-state index is 15.0. The van der Waals surface area contributed by atoms with E-state index in [1.54, 1.807) is 36.4 Å². The first-order chi connectivity index (χ1) is 17.9. The fourth-order valence-corrected chi connectivity index (χ4v) is 5.60. The van der Waals surface area contributed by atoms with Crippen molar-refractivity contribution >= 4 is 0 Å². The van der Waals surface area contributed by atoms with Crippen LogP contribution in [0.5, 0.6) is 5.75 Å². The predicted octanol–water partition coefficient (Wildman–Crippen LogP) is 9.56. The van der Waals surface area contributed by atoms with Crippen molar-refractivity contribution in [2.75, 3.05) is 7.11 Å². The Hall–Kier alpha value is -2.82. The van der Waals surface area contributed by atoms with E-state index in [4.69, 9.17) is 4.74 Å². The van der Waals surface area contributed by atoms with Gasteiger partial charge >= 0.3 is 0 Å². The summed E-state index contributed by atoms with van der Waals surface area (Å²) in [6, 6.07) is 13.4. The summed E-state index contributed by atoms with van der Waals surface area (Å²) >= 11 is 0. The molecule has 0 spiro atoms. The van der Waals surface area contributed by atoms with Crippen LogP contribution in [0.3, 0.4) is 0 Å². The maximum Gasteiger partial charge on any atom is 0.201 e. The third-order valence-electron chi connectivity index (χ3n) is 7.91. The van der Waals surface area contributed by atoms with Gasteiger partial charge in [-0.05, 0) is 84.7 Å². The number of aryl methyl sites for hydroxylation is 2.